The van der Waals surface area contributed by atoms with Gasteiger partial charge in [0.15, 0.2) is 12.1 Å². The molecule has 0 spiro atoms. The van der Waals surface area contributed by atoms with Gasteiger partial charge in [-0.3, -0.25) is 0 Å². The second-order valence-corrected chi connectivity index (χ2v) is 7.37. The molecule has 1 unspecified atom stereocenters. The zero-order valence-corrected chi connectivity index (χ0v) is 17.7. The summed E-state index contributed by atoms with van der Waals surface area (Å²) in [5.41, 5.74) is 1.29. The van der Waals surface area contributed by atoms with E-state index in [4.69, 9.17) is 18.9 Å². The van der Waals surface area contributed by atoms with E-state index in [0.717, 1.165) is 38.6 Å². The van der Waals surface area contributed by atoms with Crippen molar-refractivity contribution in [2.45, 2.75) is 71.9 Å². The van der Waals surface area contributed by atoms with Gasteiger partial charge in [-0.05, 0) is 38.2 Å². The van der Waals surface area contributed by atoms with Crippen molar-refractivity contribution in [3.05, 3.63) is 23.9 Å². The maximum absolute atomic E-state index is 6.37. The highest BCUT2D eigenvalue weighted by molar-refractivity contribution is 5.27. The van der Waals surface area contributed by atoms with Gasteiger partial charge in [0.25, 0.3) is 0 Å². The summed E-state index contributed by atoms with van der Waals surface area (Å²) in [6.07, 6.45) is 11.3. The van der Waals surface area contributed by atoms with Gasteiger partial charge in [-0.15, -0.1) is 0 Å². The van der Waals surface area contributed by atoms with E-state index in [0.29, 0.717) is 33.0 Å². The van der Waals surface area contributed by atoms with Gasteiger partial charge >= 0.3 is 0 Å². The molecule has 0 aromatic carbocycles. The molecule has 0 aromatic rings. The zero-order valence-electron chi connectivity index (χ0n) is 17.7. The van der Waals surface area contributed by atoms with Crippen LogP contribution in [0.3, 0.4) is 0 Å². The molecule has 1 atom stereocenters. The standard InChI is InChI=1S/C22H39NO4/c1-5-13-24-21(25-14-6-2)17-23-18-22(26-15-7-3,27-16-8-4)19-11-9-10-12-20(19)23/h9-10,12,19,21H,5-8,11,13-18H2,1-4H3. The minimum absolute atomic E-state index is 0.217. The molecule has 0 radical (unpaired) electrons. The van der Waals surface area contributed by atoms with E-state index >= 15 is 0 Å². The fourth-order valence-electron chi connectivity index (χ4n) is 3.70. The normalized spacial score (nSPS) is 21.0. The van der Waals surface area contributed by atoms with Crippen LogP contribution in [0, 0.1) is 5.92 Å². The largest absolute Gasteiger partial charge is 0.364 e. The molecule has 5 nitrogen and oxygen atoms in total. The second-order valence-electron chi connectivity index (χ2n) is 7.37. The Morgan fingerprint density at radius 3 is 2.11 bits per heavy atom. The first kappa shape index (κ1) is 22.4. The highest BCUT2D eigenvalue weighted by atomic mass is 16.7. The van der Waals surface area contributed by atoms with Gasteiger partial charge in [0.1, 0.15) is 0 Å². The van der Waals surface area contributed by atoms with Crippen LogP contribution < -0.4 is 0 Å². The summed E-state index contributed by atoms with van der Waals surface area (Å²) < 4.78 is 24.7. The van der Waals surface area contributed by atoms with Gasteiger partial charge in [0.2, 0.25) is 0 Å². The zero-order chi connectivity index (χ0) is 19.5. The van der Waals surface area contributed by atoms with Gasteiger partial charge in [0, 0.05) is 32.1 Å². The molecule has 1 aliphatic carbocycles. The molecule has 0 N–H and O–H groups in total. The Labute approximate surface area is 165 Å². The number of fused-ring (bicyclic) bond motifs is 1. The molecule has 0 bridgehead atoms. The second kappa shape index (κ2) is 11.8. The summed E-state index contributed by atoms with van der Waals surface area (Å²) in [5.74, 6) is -0.332. The lowest BCUT2D eigenvalue weighted by molar-refractivity contribution is -0.249. The van der Waals surface area contributed by atoms with Gasteiger partial charge in [0.05, 0.1) is 19.0 Å². The number of allylic oxidation sites excluding steroid dienone is 3. The van der Waals surface area contributed by atoms with Crippen molar-refractivity contribution < 1.29 is 18.9 Å². The van der Waals surface area contributed by atoms with E-state index in [2.05, 4.69) is 50.8 Å². The Morgan fingerprint density at radius 2 is 1.56 bits per heavy atom. The number of likely N-dealkylation sites (tertiary alicyclic amines) is 1. The molecule has 1 heterocycles. The number of ether oxygens (including phenoxy) is 4. The third kappa shape index (κ3) is 6.05. The predicted octanol–water partition coefficient (Wildman–Crippen LogP) is 4.49. The van der Waals surface area contributed by atoms with Crippen LogP contribution in [0.4, 0.5) is 0 Å². The van der Waals surface area contributed by atoms with Gasteiger partial charge < -0.3 is 23.8 Å². The fraction of sp³-hybridized carbons (Fsp3) is 0.818. The number of nitrogens with zero attached hydrogens (tertiary/aromatic N) is 1. The van der Waals surface area contributed by atoms with Crippen molar-refractivity contribution >= 4 is 0 Å². The van der Waals surface area contributed by atoms with Crippen molar-refractivity contribution in [1.29, 1.82) is 0 Å². The molecule has 0 aromatic heterocycles. The highest BCUT2D eigenvalue weighted by Gasteiger charge is 2.52. The van der Waals surface area contributed by atoms with Crippen LogP contribution in [0.2, 0.25) is 0 Å². The summed E-state index contributed by atoms with van der Waals surface area (Å²) in [6.45, 7) is 12.8. The molecule has 1 saturated heterocycles. The van der Waals surface area contributed by atoms with Crippen LogP contribution in [0.15, 0.2) is 23.9 Å². The van der Waals surface area contributed by atoms with E-state index < -0.39 is 5.79 Å². The van der Waals surface area contributed by atoms with Crippen LogP contribution in [-0.2, 0) is 18.9 Å². The van der Waals surface area contributed by atoms with Gasteiger partial charge in [-0.1, -0.05) is 39.8 Å². The molecular weight excluding hydrogens is 342 g/mol. The Morgan fingerprint density at radius 1 is 0.963 bits per heavy atom. The molecule has 2 rings (SSSR count). The summed E-state index contributed by atoms with van der Waals surface area (Å²) >= 11 is 0. The average Bonchev–Trinajstić information content (AvgIpc) is 3.01. The lowest BCUT2D eigenvalue weighted by Crippen LogP contribution is -2.45. The smallest absolute Gasteiger partial charge is 0.194 e. The summed E-state index contributed by atoms with van der Waals surface area (Å²) in [6, 6.07) is 0. The molecule has 156 valence electrons. The van der Waals surface area contributed by atoms with Crippen LogP contribution in [0.25, 0.3) is 0 Å². The quantitative estimate of drug-likeness (QED) is 0.415. The van der Waals surface area contributed by atoms with E-state index in [-0.39, 0.29) is 12.2 Å². The SMILES string of the molecule is CCCOC(CN1CC(OCCC)(OCCC)C2CC=CC=C21)OCCC. The van der Waals surface area contributed by atoms with Crippen molar-refractivity contribution in [1.82, 2.24) is 4.90 Å². The first-order valence-electron chi connectivity index (χ1n) is 10.8. The first-order chi connectivity index (χ1) is 13.2. The maximum atomic E-state index is 6.37. The fourth-order valence-corrected chi connectivity index (χ4v) is 3.70. The van der Waals surface area contributed by atoms with Crippen LogP contribution in [-0.4, -0.2) is 56.5 Å². The molecule has 2 aliphatic rings. The Bertz CT molecular complexity index is 461. The van der Waals surface area contributed by atoms with Crippen LogP contribution in [0.5, 0.6) is 0 Å². The third-order valence-corrected chi connectivity index (χ3v) is 4.93. The molecule has 27 heavy (non-hydrogen) atoms. The Kier molecular flexibility index (Phi) is 9.83. The number of hydrogen-bond donors (Lipinski definition) is 0. The lowest BCUT2D eigenvalue weighted by atomic mass is 9.92. The van der Waals surface area contributed by atoms with Crippen molar-refractivity contribution in [2.75, 3.05) is 39.5 Å². The van der Waals surface area contributed by atoms with E-state index in [1.54, 1.807) is 0 Å². The summed E-state index contributed by atoms with van der Waals surface area (Å²) in [7, 11) is 0. The average molecular weight is 382 g/mol. The van der Waals surface area contributed by atoms with Gasteiger partial charge in [-0.25, -0.2) is 0 Å². The highest BCUT2D eigenvalue weighted by Crippen LogP contribution is 2.44. The first-order valence-corrected chi connectivity index (χ1v) is 10.8. The summed E-state index contributed by atoms with van der Waals surface area (Å²) in [4.78, 5) is 2.36. The number of rotatable bonds is 14. The van der Waals surface area contributed by atoms with E-state index in [9.17, 15) is 0 Å². The van der Waals surface area contributed by atoms with Crippen LogP contribution >= 0.6 is 0 Å². The molecule has 0 saturated carbocycles. The third-order valence-electron chi connectivity index (χ3n) is 4.93. The molecule has 0 amide bonds. The minimum Gasteiger partial charge on any atom is -0.364 e. The molecule has 5 heteroatoms. The van der Waals surface area contributed by atoms with E-state index in [1.165, 1.54) is 5.70 Å². The van der Waals surface area contributed by atoms with Crippen molar-refractivity contribution in [2.24, 2.45) is 5.92 Å². The number of hydrogen-bond acceptors (Lipinski definition) is 5. The van der Waals surface area contributed by atoms with E-state index in [1.807, 2.05) is 0 Å². The maximum Gasteiger partial charge on any atom is 0.194 e. The summed E-state index contributed by atoms with van der Waals surface area (Å²) in [5, 5.41) is 0. The molecular formula is C22H39NO4. The topological polar surface area (TPSA) is 40.2 Å². The van der Waals surface area contributed by atoms with Crippen molar-refractivity contribution in [3.8, 4) is 0 Å². The molecule has 1 fully saturated rings. The van der Waals surface area contributed by atoms with Crippen LogP contribution in [0.1, 0.15) is 59.8 Å². The molecule has 1 aliphatic heterocycles. The minimum atomic E-state index is -0.567. The van der Waals surface area contributed by atoms with Gasteiger partial charge in [-0.2, -0.15) is 0 Å². The van der Waals surface area contributed by atoms with Crippen molar-refractivity contribution in [3.63, 3.8) is 0 Å². The monoisotopic (exact) mass is 381 g/mol. The Hall–Kier alpha value is -0.880. The lowest BCUT2D eigenvalue weighted by Gasteiger charge is -2.34. The predicted molar refractivity (Wildman–Crippen MR) is 108 cm³/mol. The Balaban J connectivity index is 2.16.